The van der Waals surface area contributed by atoms with Gasteiger partial charge in [-0.3, -0.25) is 10.00 Å². The van der Waals surface area contributed by atoms with E-state index in [0.717, 1.165) is 38.5 Å². The quantitative estimate of drug-likeness (QED) is 0.923. The molecule has 2 aromatic heterocycles. The van der Waals surface area contributed by atoms with E-state index in [-0.39, 0.29) is 0 Å². The summed E-state index contributed by atoms with van der Waals surface area (Å²) in [6.07, 6.45) is 3.51. The van der Waals surface area contributed by atoms with Crippen LogP contribution in [0.25, 0.3) is 0 Å². The van der Waals surface area contributed by atoms with Crippen molar-refractivity contribution in [2.24, 2.45) is 0 Å². The van der Waals surface area contributed by atoms with E-state index in [0.29, 0.717) is 16.5 Å². The molecular weight excluding hydrogens is 324 g/mol. The fraction of sp³-hybridized carbons (Fsp3) is 0.471. The first-order valence-electron chi connectivity index (χ1n) is 8.13. The first-order chi connectivity index (χ1) is 11.6. The number of pyridine rings is 1. The Kier molecular flexibility index (Phi) is 5.03. The van der Waals surface area contributed by atoms with Crippen LogP contribution < -0.4 is 4.90 Å². The van der Waals surface area contributed by atoms with Gasteiger partial charge in [0, 0.05) is 50.2 Å². The van der Waals surface area contributed by atoms with Crippen LogP contribution in [0.1, 0.15) is 36.6 Å². The maximum Gasteiger partial charge on any atom is 0.147 e. The van der Waals surface area contributed by atoms with E-state index in [1.54, 1.807) is 12.3 Å². The van der Waals surface area contributed by atoms with E-state index in [4.69, 9.17) is 16.9 Å². The number of hydrogen-bond donors (Lipinski definition) is 1. The molecule has 0 radical (unpaired) electrons. The van der Waals surface area contributed by atoms with E-state index in [9.17, 15) is 0 Å². The van der Waals surface area contributed by atoms with Crippen molar-refractivity contribution in [3.05, 3.63) is 40.3 Å². The second-order valence-corrected chi connectivity index (χ2v) is 6.78. The molecular formula is C17H21ClN6. The lowest BCUT2D eigenvalue weighted by Crippen LogP contribution is -2.46. The lowest BCUT2D eigenvalue weighted by atomic mass is 10.1. The van der Waals surface area contributed by atoms with Crippen molar-refractivity contribution in [2.45, 2.75) is 26.3 Å². The van der Waals surface area contributed by atoms with Crippen molar-refractivity contribution in [1.82, 2.24) is 20.1 Å². The Bertz CT molecular complexity index is 740. The monoisotopic (exact) mass is 344 g/mol. The van der Waals surface area contributed by atoms with Gasteiger partial charge < -0.3 is 4.90 Å². The number of nitrogens with one attached hydrogen (secondary N) is 1. The zero-order chi connectivity index (χ0) is 17.1. The fourth-order valence-electron chi connectivity index (χ4n) is 3.03. The minimum absolute atomic E-state index is 0.449. The maximum atomic E-state index is 8.91. The van der Waals surface area contributed by atoms with E-state index in [2.05, 4.69) is 44.9 Å². The summed E-state index contributed by atoms with van der Waals surface area (Å²) in [5.74, 6) is 1.21. The minimum atomic E-state index is 0.449. The van der Waals surface area contributed by atoms with E-state index in [1.165, 1.54) is 11.3 Å². The third-order valence-electron chi connectivity index (χ3n) is 4.35. The molecule has 1 N–H and O–H groups in total. The third-order valence-corrected chi connectivity index (χ3v) is 4.62. The Morgan fingerprint density at radius 2 is 2.04 bits per heavy atom. The van der Waals surface area contributed by atoms with Crippen LogP contribution in [0.15, 0.2) is 18.5 Å². The number of anilines is 1. The molecule has 0 aliphatic carbocycles. The Labute approximate surface area is 147 Å². The predicted molar refractivity (Wildman–Crippen MR) is 94.1 cm³/mol. The average molecular weight is 345 g/mol. The summed E-state index contributed by atoms with van der Waals surface area (Å²) in [4.78, 5) is 8.95. The Hall–Kier alpha value is -2.10. The van der Waals surface area contributed by atoms with E-state index >= 15 is 0 Å². The van der Waals surface area contributed by atoms with Crippen LogP contribution in [0.4, 0.5) is 5.82 Å². The molecule has 1 fully saturated rings. The number of piperazine rings is 1. The topological polar surface area (TPSA) is 71.8 Å². The number of halogens is 1. The standard InChI is InChI=1S/C17H21ClN6/c1-12(2)16-14(10-21-22-16)11-23-3-5-24(6-4-23)17-15(18)7-13(8-19)9-20-17/h7,9-10,12H,3-6,11H2,1-2H3,(H,21,22). The molecule has 1 aliphatic rings. The van der Waals surface area contributed by atoms with Crippen LogP contribution >= 0.6 is 11.6 Å². The molecule has 2 aromatic rings. The SMILES string of the molecule is CC(C)c1[nH]ncc1CN1CCN(c2ncc(C#N)cc2Cl)CC1. The van der Waals surface area contributed by atoms with Gasteiger partial charge in [0.2, 0.25) is 0 Å². The summed E-state index contributed by atoms with van der Waals surface area (Å²) in [5.41, 5.74) is 2.98. The highest BCUT2D eigenvalue weighted by atomic mass is 35.5. The summed E-state index contributed by atoms with van der Waals surface area (Å²) in [7, 11) is 0. The number of nitrogens with zero attached hydrogens (tertiary/aromatic N) is 5. The van der Waals surface area contributed by atoms with E-state index < -0.39 is 0 Å². The summed E-state index contributed by atoms with van der Waals surface area (Å²) in [6, 6.07) is 3.74. The van der Waals surface area contributed by atoms with Crippen molar-refractivity contribution >= 4 is 17.4 Å². The van der Waals surface area contributed by atoms with Crippen LogP contribution in [0.3, 0.4) is 0 Å². The highest BCUT2D eigenvalue weighted by Crippen LogP contribution is 2.25. The molecule has 0 aromatic carbocycles. The molecule has 7 heteroatoms. The molecule has 24 heavy (non-hydrogen) atoms. The molecule has 0 saturated carbocycles. The van der Waals surface area contributed by atoms with Crippen molar-refractivity contribution in [3.63, 3.8) is 0 Å². The molecule has 0 amide bonds. The molecule has 126 valence electrons. The smallest absolute Gasteiger partial charge is 0.147 e. The summed E-state index contributed by atoms with van der Waals surface area (Å²) in [5, 5.41) is 16.7. The van der Waals surface area contributed by atoms with Gasteiger partial charge in [-0.1, -0.05) is 25.4 Å². The van der Waals surface area contributed by atoms with Gasteiger partial charge >= 0.3 is 0 Å². The first-order valence-corrected chi connectivity index (χ1v) is 8.51. The fourth-order valence-corrected chi connectivity index (χ4v) is 3.32. The zero-order valence-electron chi connectivity index (χ0n) is 14.0. The number of H-pyrrole nitrogens is 1. The summed E-state index contributed by atoms with van der Waals surface area (Å²) >= 11 is 6.27. The molecule has 0 unspecified atom stereocenters. The highest BCUT2D eigenvalue weighted by Gasteiger charge is 2.21. The first kappa shape index (κ1) is 16.7. The largest absolute Gasteiger partial charge is 0.353 e. The molecule has 3 rings (SSSR count). The average Bonchev–Trinajstić information content (AvgIpc) is 3.04. The molecule has 0 spiro atoms. The highest BCUT2D eigenvalue weighted by molar-refractivity contribution is 6.33. The van der Waals surface area contributed by atoms with Crippen LogP contribution in [-0.2, 0) is 6.54 Å². The summed E-state index contributed by atoms with van der Waals surface area (Å²) in [6.45, 7) is 8.88. The van der Waals surface area contributed by atoms with Gasteiger partial charge in [-0.15, -0.1) is 0 Å². The van der Waals surface area contributed by atoms with Crippen LogP contribution in [-0.4, -0.2) is 46.3 Å². The van der Waals surface area contributed by atoms with Crippen molar-refractivity contribution in [3.8, 4) is 6.07 Å². The van der Waals surface area contributed by atoms with Gasteiger partial charge in [0.1, 0.15) is 11.9 Å². The minimum Gasteiger partial charge on any atom is -0.353 e. The second kappa shape index (κ2) is 7.20. The number of aromatic nitrogens is 3. The number of nitriles is 1. The van der Waals surface area contributed by atoms with Gasteiger partial charge in [0.25, 0.3) is 0 Å². The predicted octanol–water partition coefficient (Wildman–Crippen LogP) is 2.78. The Morgan fingerprint density at radius 1 is 1.29 bits per heavy atom. The number of rotatable bonds is 4. The second-order valence-electron chi connectivity index (χ2n) is 6.37. The molecule has 1 saturated heterocycles. The number of aromatic amines is 1. The third kappa shape index (κ3) is 3.53. The Morgan fingerprint density at radius 3 is 2.67 bits per heavy atom. The lowest BCUT2D eigenvalue weighted by Gasteiger charge is -2.35. The van der Waals surface area contributed by atoms with Crippen molar-refractivity contribution < 1.29 is 0 Å². The molecule has 6 nitrogen and oxygen atoms in total. The maximum absolute atomic E-state index is 8.91. The molecule has 0 atom stereocenters. The van der Waals surface area contributed by atoms with Gasteiger partial charge in [0.15, 0.2) is 0 Å². The van der Waals surface area contributed by atoms with Crippen LogP contribution in [0.5, 0.6) is 0 Å². The van der Waals surface area contributed by atoms with E-state index in [1.807, 2.05) is 6.20 Å². The van der Waals surface area contributed by atoms with Gasteiger partial charge in [-0.05, 0) is 12.0 Å². The van der Waals surface area contributed by atoms with Gasteiger partial charge in [0.05, 0.1) is 16.8 Å². The van der Waals surface area contributed by atoms with Crippen LogP contribution in [0, 0.1) is 11.3 Å². The zero-order valence-corrected chi connectivity index (χ0v) is 14.7. The molecule has 0 bridgehead atoms. The van der Waals surface area contributed by atoms with Crippen molar-refractivity contribution in [1.29, 1.82) is 5.26 Å². The normalized spacial score (nSPS) is 15.7. The number of hydrogen-bond acceptors (Lipinski definition) is 5. The van der Waals surface area contributed by atoms with Gasteiger partial charge in [-0.25, -0.2) is 4.98 Å². The van der Waals surface area contributed by atoms with Gasteiger partial charge in [-0.2, -0.15) is 10.4 Å². The Balaban J connectivity index is 1.62. The van der Waals surface area contributed by atoms with Crippen molar-refractivity contribution in [2.75, 3.05) is 31.1 Å². The lowest BCUT2D eigenvalue weighted by molar-refractivity contribution is 0.248. The molecule has 1 aliphatic heterocycles. The van der Waals surface area contributed by atoms with Crippen LogP contribution in [0.2, 0.25) is 5.02 Å². The molecule has 3 heterocycles. The summed E-state index contributed by atoms with van der Waals surface area (Å²) < 4.78 is 0.